The summed E-state index contributed by atoms with van der Waals surface area (Å²) in [6.45, 7) is 3.77. The highest BCUT2D eigenvalue weighted by molar-refractivity contribution is 9.10. The maximum Gasteiger partial charge on any atom is 0.255 e. The van der Waals surface area contributed by atoms with Gasteiger partial charge in [0.1, 0.15) is 5.82 Å². The minimum absolute atomic E-state index is 0.205. The smallest absolute Gasteiger partial charge is 0.255 e. The highest BCUT2D eigenvalue weighted by atomic mass is 79.9. The fraction of sp³-hybridized carbons (Fsp3) is 0.143. The van der Waals surface area contributed by atoms with Gasteiger partial charge in [-0.3, -0.25) is 4.79 Å². The Balaban J connectivity index is 2.28. The Morgan fingerprint density at radius 3 is 2.74 bits per heavy atom. The predicted octanol–water partition coefficient (Wildman–Crippen LogP) is 3.30. The summed E-state index contributed by atoms with van der Waals surface area (Å²) in [6, 6.07) is 8.96. The van der Waals surface area contributed by atoms with E-state index in [9.17, 15) is 4.79 Å². The lowest BCUT2D eigenvalue weighted by atomic mass is 10.2. The average molecular weight is 320 g/mol. The first-order chi connectivity index (χ1) is 8.97. The number of nitrogen functional groups attached to an aromatic ring is 1. The van der Waals surface area contributed by atoms with E-state index in [0.717, 1.165) is 15.7 Å². The van der Waals surface area contributed by atoms with Crippen molar-refractivity contribution in [1.29, 1.82) is 0 Å². The van der Waals surface area contributed by atoms with Gasteiger partial charge in [-0.25, -0.2) is 4.98 Å². The number of aryl methyl sites for hydroxylation is 2. The van der Waals surface area contributed by atoms with Crippen LogP contribution in [0, 0.1) is 13.8 Å². The number of nitrogens with zero attached hydrogens (tertiary/aromatic N) is 1. The molecule has 98 valence electrons. The third-order valence-corrected chi connectivity index (χ3v) is 3.73. The Morgan fingerprint density at radius 1 is 1.32 bits per heavy atom. The SMILES string of the molecule is Cc1cc(C(=O)Nc2cccc(C)c2Br)cc(N)n1. The van der Waals surface area contributed by atoms with Gasteiger partial charge in [-0.15, -0.1) is 0 Å². The lowest BCUT2D eigenvalue weighted by molar-refractivity contribution is 0.102. The number of aromatic nitrogens is 1. The predicted molar refractivity (Wildman–Crippen MR) is 80.2 cm³/mol. The van der Waals surface area contributed by atoms with Crippen LogP contribution in [0.3, 0.4) is 0 Å². The Hall–Kier alpha value is -1.88. The Bertz CT molecular complexity index is 620. The average Bonchev–Trinajstić information content (AvgIpc) is 2.33. The molecule has 0 unspecified atom stereocenters. The fourth-order valence-corrected chi connectivity index (χ4v) is 2.13. The van der Waals surface area contributed by atoms with E-state index in [-0.39, 0.29) is 5.91 Å². The Morgan fingerprint density at radius 2 is 2.05 bits per heavy atom. The van der Waals surface area contributed by atoms with E-state index >= 15 is 0 Å². The number of benzene rings is 1. The van der Waals surface area contributed by atoms with Crippen LogP contribution in [0.25, 0.3) is 0 Å². The van der Waals surface area contributed by atoms with Gasteiger partial charge >= 0.3 is 0 Å². The molecule has 0 aliphatic heterocycles. The normalized spacial score (nSPS) is 10.3. The van der Waals surface area contributed by atoms with E-state index in [0.29, 0.717) is 17.1 Å². The number of anilines is 2. The molecule has 5 heteroatoms. The van der Waals surface area contributed by atoms with Crippen LogP contribution in [0.1, 0.15) is 21.6 Å². The molecule has 1 aromatic heterocycles. The molecule has 0 fully saturated rings. The van der Waals surface area contributed by atoms with E-state index in [1.165, 1.54) is 0 Å². The number of nitrogens with one attached hydrogen (secondary N) is 1. The van der Waals surface area contributed by atoms with Crippen LogP contribution >= 0.6 is 15.9 Å². The number of halogens is 1. The molecule has 0 aliphatic rings. The van der Waals surface area contributed by atoms with Gasteiger partial charge in [-0.2, -0.15) is 0 Å². The number of carbonyl (C=O) groups is 1. The molecule has 2 rings (SSSR count). The Labute approximate surface area is 120 Å². The van der Waals surface area contributed by atoms with Crippen molar-refractivity contribution >= 4 is 33.3 Å². The Kier molecular flexibility index (Phi) is 3.85. The maximum absolute atomic E-state index is 12.2. The number of hydrogen-bond donors (Lipinski definition) is 2. The van der Waals surface area contributed by atoms with Crippen molar-refractivity contribution in [2.24, 2.45) is 0 Å². The molecule has 0 atom stereocenters. The molecule has 1 amide bonds. The van der Waals surface area contributed by atoms with Crippen LogP contribution in [-0.4, -0.2) is 10.9 Å². The second-order valence-corrected chi connectivity index (χ2v) is 5.11. The second-order valence-electron chi connectivity index (χ2n) is 4.31. The maximum atomic E-state index is 12.2. The first-order valence-corrected chi connectivity index (χ1v) is 6.57. The van der Waals surface area contributed by atoms with Crippen LogP contribution < -0.4 is 11.1 Å². The molecule has 2 aromatic rings. The summed E-state index contributed by atoms with van der Waals surface area (Å²) < 4.78 is 0.877. The van der Waals surface area contributed by atoms with Crippen molar-refractivity contribution in [3.8, 4) is 0 Å². The number of nitrogens with two attached hydrogens (primary N) is 1. The minimum Gasteiger partial charge on any atom is -0.384 e. The summed E-state index contributed by atoms with van der Waals surface area (Å²) in [6.07, 6.45) is 0. The van der Waals surface area contributed by atoms with Crippen molar-refractivity contribution < 1.29 is 4.79 Å². The third kappa shape index (κ3) is 3.12. The summed E-state index contributed by atoms with van der Waals surface area (Å²) in [5.74, 6) is 0.136. The van der Waals surface area contributed by atoms with Gasteiger partial charge in [0.25, 0.3) is 5.91 Å². The monoisotopic (exact) mass is 319 g/mol. The molecular formula is C14H14BrN3O. The van der Waals surface area contributed by atoms with Crippen molar-refractivity contribution in [3.05, 3.63) is 51.6 Å². The van der Waals surface area contributed by atoms with Crippen molar-refractivity contribution in [2.45, 2.75) is 13.8 Å². The van der Waals surface area contributed by atoms with Crippen LogP contribution in [0.15, 0.2) is 34.8 Å². The molecule has 0 saturated carbocycles. The van der Waals surface area contributed by atoms with Gasteiger partial charge < -0.3 is 11.1 Å². The van der Waals surface area contributed by atoms with Gasteiger partial charge in [0.2, 0.25) is 0 Å². The molecule has 3 N–H and O–H groups in total. The number of amides is 1. The largest absolute Gasteiger partial charge is 0.384 e. The zero-order chi connectivity index (χ0) is 14.0. The fourth-order valence-electron chi connectivity index (χ4n) is 1.76. The summed E-state index contributed by atoms with van der Waals surface area (Å²) in [4.78, 5) is 16.2. The van der Waals surface area contributed by atoms with Crippen LogP contribution in [0.5, 0.6) is 0 Å². The number of pyridine rings is 1. The number of carbonyl (C=O) groups excluding carboxylic acids is 1. The summed E-state index contributed by atoms with van der Waals surface area (Å²) in [5.41, 5.74) is 8.65. The molecule has 0 aliphatic carbocycles. The first kappa shape index (κ1) is 13.5. The number of rotatable bonds is 2. The third-order valence-electron chi connectivity index (χ3n) is 2.68. The van der Waals surface area contributed by atoms with E-state index < -0.39 is 0 Å². The highest BCUT2D eigenvalue weighted by Gasteiger charge is 2.10. The second kappa shape index (κ2) is 5.40. The van der Waals surface area contributed by atoms with E-state index in [1.54, 1.807) is 19.1 Å². The quantitative estimate of drug-likeness (QED) is 0.892. The van der Waals surface area contributed by atoms with Gasteiger partial charge in [0.05, 0.1) is 5.69 Å². The van der Waals surface area contributed by atoms with Crippen molar-refractivity contribution in [1.82, 2.24) is 4.98 Å². The lowest BCUT2D eigenvalue weighted by Gasteiger charge is -2.09. The van der Waals surface area contributed by atoms with Crippen LogP contribution in [0.4, 0.5) is 11.5 Å². The molecule has 0 saturated heterocycles. The molecule has 0 spiro atoms. The van der Waals surface area contributed by atoms with Gasteiger partial charge in [0, 0.05) is 15.7 Å². The van der Waals surface area contributed by atoms with Crippen molar-refractivity contribution in [3.63, 3.8) is 0 Å². The van der Waals surface area contributed by atoms with Gasteiger partial charge in [-0.1, -0.05) is 12.1 Å². The zero-order valence-corrected chi connectivity index (χ0v) is 12.3. The highest BCUT2D eigenvalue weighted by Crippen LogP contribution is 2.26. The minimum atomic E-state index is -0.205. The number of hydrogen-bond acceptors (Lipinski definition) is 3. The van der Waals surface area contributed by atoms with Crippen molar-refractivity contribution in [2.75, 3.05) is 11.1 Å². The zero-order valence-electron chi connectivity index (χ0n) is 10.7. The molecule has 4 nitrogen and oxygen atoms in total. The van der Waals surface area contributed by atoms with Gasteiger partial charge in [0.15, 0.2) is 0 Å². The topological polar surface area (TPSA) is 68.0 Å². The van der Waals surface area contributed by atoms with E-state index in [4.69, 9.17) is 5.73 Å². The van der Waals surface area contributed by atoms with E-state index in [2.05, 4.69) is 26.2 Å². The lowest BCUT2D eigenvalue weighted by Crippen LogP contribution is -2.13. The standard InChI is InChI=1S/C14H14BrN3O/c1-8-4-3-5-11(13(8)15)18-14(19)10-6-9(2)17-12(16)7-10/h3-7H,1-2H3,(H2,16,17)(H,18,19). The summed E-state index contributed by atoms with van der Waals surface area (Å²) in [7, 11) is 0. The summed E-state index contributed by atoms with van der Waals surface area (Å²) in [5, 5.41) is 2.85. The summed E-state index contributed by atoms with van der Waals surface area (Å²) >= 11 is 3.46. The van der Waals surface area contributed by atoms with Crippen LogP contribution in [-0.2, 0) is 0 Å². The molecular weight excluding hydrogens is 306 g/mol. The van der Waals surface area contributed by atoms with Gasteiger partial charge in [-0.05, 0) is 53.5 Å². The molecule has 1 aromatic carbocycles. The molecule has 0 bridgehead atoms. The molecule has 1 heterocycles. The van der Waals surface area contributed by atoms with Crippen LogP contribution in [0.2, 0.25) is 0 Å². The first-order valence-electron chi connectivity index (χ1n) is 5.78. The van der Waals surface area contributed by atoms with E-state index in [1.807, 2.05) is 25.1 Å². The molecule has 19 heavy (non-hydrogen) atoms. The molecule has 0 radical (unpaired) electrons.